The molecular formula is C34H56F3N3O4. The molecule has 1 aromatic rings. The number of fused-ring (bicyclic) bond motifs is 1. The summed E-state index contributed by atoms with van der Waals surface area (Å²) in [5, 5.41) is 6.89. The highest BCUT2D eigenvalue weighted by Crippen LogP contribution is 2.37. The Hall–Kier alpha value is -3.27. The predicted octanol–water partition coefficient (Wildman–Crippen LogP) is 9.11. The molecule has 1 atom stereocenters. The zero-order chi connectivity index (χ0) is 34.5. The Bertz CT molecular complexity index is 1090. The Morgan fingerprint density at radius 1 is 1.09 bits per heavy atom. The van der Waals surface area contributed by atoms with Crippen molar-refractivity contribution in [3.63, 3.8) is 0 Å². The van der Waals surface area contributed by atoms with Crippen LogP contribution in [0.15, 0.2) is 41.9 Å². The Kier molecular flexibility index (Phi) is 22.6. The highest BCUT2D eigenvalue weighted by Gasteiger charge is 2.32. The largest absolute Gasteiger partial charge is 0.573 e. The number of methoxy groups -OCH3 is 1. The zero-order valence-corrected chi connectivity index (χ0v) is 28.9. The van der Waals surface area contributed by atoms with Gasteiger partial charge in [-0.2, -0.15) is 0 Å². The van der Waals surface area contributed by atoms with E-state index in [4.69, 9.17) is 19.6 Å². The number of halogens is 3. The molecule has 0 unspecified atom stereocenters. The van der Waals surface area contributed by atoms with Crippen molar-refractivity contribution in [1.82, 2.24) is 9.88 Å². The summed E-state index contributed by atoms with van der Waals surface area (Å²) < 4.78 is 47.7. The maximum absolute atomic E-state index is 12.7. The molecule has 2 aliphatic rings. The smallest absolute Gasteiger partial charge is 0.500 e. The molecule has 0 saturated heterocycles. The lowest BCUT2D eigenvalue weighted by molar-refractivity contribution is -0.303. The van der Waals surface area contributed by atoms with Gasteiger partial charge in [-0.25, -0.2) is 4.98 Å². The van der Waals surface area contributed by atoms with Crippen LogP contribution in [0, 0.1) is 0 Å². The predicted molar refractivity (Wildman–Crippen MR) is 178 cm³/mol. The van der Waals surface area contributed by atoms with Crippen molar-refractivity contribution in [2.24, 2.45) is 0 Å². The molecule has 252 valence electrons. The van der Waals surface area contributed by atoms with Gasteiger partial charge in [-0.15, -0.1) is 13.2 Å². The molecule has 0 saturated carbocycles. The number of allylic oxidation sites excluding steroid dienone is 5. The quantitative estimate of drug-likeness (QED) is 0.302. The van der Waals surface area contributed by atoms with E-state index in [2.05, 4.69) is 82.3 Å². The van der Waals surface area contributed by atoms with Gasteiger partial charge in [-0.3, -0.25) is 4.79 Å². The third-order valence-electron chi connectivity index (χ3n) is 6.43. The molecule has 1 aliphatic heterocycles. The fraction of sp³-hybridized carbons (Fsp3) is 0.588. The first kappa shape index (κ1) is 42.9. The monoisotopic (exact) mass is 627 g/mol. The van der Waals surface area contributed by atoms with E-state index in [0.29, 0.717) is 17.4 Å². The fourth-order valence-corrected chi connectivity index (χ4v) is 3.87. The van der Waals surface area contributed by atoms with E-state index in [1.54, 1.807) is 6.08 Å². The van der Waals surface area contributed by atoms with Crippen LogP contribution in [-0.4, -0.2) is 68.2 Å². The summed E-state index contributed by atoms with van der Waals surface area (Å²) in [6, 6.07) is 2.54. The van der Waals surface area contributed by atoms with E-state index in [1.807, 2.05) is 20.8 Å². The molecule has 7 nitrogen and oxygen atoms in total. The van der Waals surface area contributed by atoms with Gasteiger partial charge in [0.2, 0.25) is 0 Å². The number of pyridine rings is 1. The standard InChI is InChI=1S/C24H29F3N2O2.C4H11N.C3H8.C2H6.CH2O2/c1-6-16(4)29-13-12-15(3)22-20(29)14-17(7-2)23(28-22)19-10-8-18(31-24(25,26)27)9-11-21(19)30-5;1-4-5(2)3;1-3-2;1-2;2-1-3/h8-10,12,14,16H,6-7,11,13H2,1-5H3;4H2,1-3H3;3H2,1-2H3;1-2H3;1H,(H,2,3)/t16-;;;;/m1..../s1. The van der Waals surface area contributed by atoms with E-state index < -0.39 is 6.36 Å². The van der Waals surface area contributed by atoms with Gasteiger partial charge in [0.05, 0.1) is 24.2 Å². The maximum atomic E-state index is 12.7. The minimum Gasteiger partial charge on any atom is -0.500 e. The molecule has 10 heteroatoms. The topological polar surface area (TPSA) is 75.1 Å². The van der Waals surface area contributed by atoms with E-state index >= 15 is 0 Å². The summed E-state index contributed by atoms with van der Waals surface area (Å²) in [5.74, 6) is 0.294. The van der Waals surface area contributed by atoms with Gasteiger partial charge >= 0.3 is 6.36 Å². The second-order valence-electron chi connectivity index (χ2n) is 9.96. The molecule has 0 spiro atoms. The van der Waals surface area contributed by atoms with Crippen molar-refractivity contribution in [2.75, 3.05) is 39.2 Å². The van der Waals surface area contributed by atoms with Gasteiger partial charge in [0, 0.05) is 24.6 Å². The van der Waals surface area contributed by atoms with Crippen LogP contribution in [0.2, 0.25) is 0 Å². The third kappa shape index (κ3) is 14.9. The van der Waals surface area contributed by atoms with Crippen molar-refractivity contribution in [3.05, 3.63) is 58.8 Å². The lowest BCUT2D eigenvalue weighted by atomic mass is 9.96. The Morgan fingerprint density at radius 2 is 1.64 bits per heavy atom. The second-order valence-corrected chi connectivity index (χ2v) is 9.96. The van der Waals surface area contributed by atoms with Crippen molar-refractivity contribution in [1.29, 1.82) is 0 Å². The number of carboxylic acid groups (broad SMARTS) is 1. The van der Waals surface area contributed by atoms with Crippen LogP contribution in [0.3, 0.4) is 0 Å². The van der Waals surface area contributed by atoms with E-state index in [1.165, 1.54) is 25.7 Å². The van der Waals surface area contributed by atoms with E-state index in [9.17, 15) is 13.2 Å². The van der Waals surface area contributed by atoms with Crippen LogP contribution < -0.4 is 4.90 Å². The van der Waals surface area contributed by atoms with E-state index in [-0.39, 0.29) is 18.7 Å². The number of rotatable bonds is 7. The molecule has 0 bridgehead atoms. The average molecular weight is 628 g/mol. The summed E-state index contributed by atoms with van der Waals surface area (Å²) in [7, 11) is 5.63. The molecule has 0 fully saturated rings. The number of hydrogen-bond donors (Lipinski definition) is 1. The number of hydrogen-bond acceptors (Lipinski definition) is 6. The van der Waals surface area contributed by atoms with Gasteiger partial charge < -0.3 is 24.4 Å². The van der Waals surface area contributed by atoms with Crippen LogP contribution in [0.5, 0.6) is 0 Å². The normalized spacial score (nSPS) is 14.3. The summed E-state index contributed by atoms with van der Waals surface area (Å²) in [5.41, 5.74) is 5.53. The lowest BCUT2D eigenvalue weighted by Crippen LogP contribution is -2.35. The number of aryl methyl sites for hydroxylation is 1. The second kappa shape index (κ2) is 23.2. The van der Waals surface area contributed by atoms with Crippen molar-refractivity contribution in [2.45, 2.75) is 100 Å². The maximum Gasteiger partial charge on any atom is 0.573 e. The highest BCUT2D eigenvalue weighted by atomic mass is 19.4. The minimum atomic E-state index is -4.74. The molecule has 3 rings (SSSR count). The first-order valence-electron chi connectivity index (χ1n) is 15.4. The Morgan fingerprint density at radius 3 is 2.07 bits per heavy atom. The number of aromatic nitrogens is 1. The zero-order valence-electron chi connectivity index (χ0n) is 28.9. The molecule has 1 aliphatic carbocycles. The molecule has 1 N–H and O–H groups in total. The number of alkyl halides is 3. The molecule has 2 heterocycles. The molecule has 44 heavy (non-hydrogen) atoms. The minimum absolute atomic E-state index is 0.181. The third-order valence-corrected chi connectivity index (χ3v) is 6.43. The number of ether oxygens (including phenoxy) is 2. The number of nitrogens with zero attached hydrogens (tertiary/aromatic N) is 3. The summed E-state index contributed by atoms with van der Waals surface area (Å²) in [6.07, 6.45) is 4.91. The van der Waals surface area contributed by atoms with Crippen molar-refractivity contribution < 1.29 is 32.5 Å². The highest BCUT2D eigenvalue weighted by molar-refractivity contribution is 5.83. The Balaban J connectivity index is 0. The molecule has 1 aromatic heterocycles. The number of anilines is 1. The van der Waals surface area contributed by atoms with Crippen LogP contribution >= 0.6 is 0 Å². The van der Waals surface area contributed by atoms with Crippen LogP contribution in [0.1, 0.15) is 98.5 Å². The Labute approximate surface area is 264 Å². The van der Waals surface area contributed by atoms with E-state index in [0.717, 1.165) is 54.1 Å². The van der Waals surface area contributed by atoms with Gasteiger partial charge in [0.25, 0.3) is 6.47 Å². The van der Waals surface area contributed by atoms with Crippen LogP contribution in [0.4, 0.5) is 18.9 Å². The lowest BCUT2D eigenvalue weighted by Gasteiger charge is -2.35. The first-order valence-corrected chi connectivity index (χ1v) is 15.4. The molecular weight excluding hydrogens is 571 g/mol. The van der Waals surface area contributed by atoms with Crippen LogP contribution in [0.25, 0.3) is 11.1 Å². The van der Waals surface area contributed by atoms with Gasteiger partial charge in [0.1, 0.15) is 11.5 Å². The van der Waals surface area contributed by atoms with Gasteiger partial charge in [0.15, 0.2) is 0 Å². The first-order chi connectivity index (χ1) is 20.8. The summed E-state index contributed by atoms with van der Waals surface area (Å²) in [4.78, 5) is 17.8. The van der Waals surface area contributed by atoms with Gasteiger partial charge in [-0.1, -0.05) is 61.0 Å². The molecule has 0 radical (unpaired) electrons. The summed E-state index contributed by atoms with van der Waals surface area (Å²) >= 11 is 0. The number of carbonyl (C=O) groups is 1. The van der Waals surface area contributed by atoms with Gasteiger partial charge in [-0.05, 0) is 82.8 Å². The molecule has 0 amide bonds. The van der Waals surface area contributed by atoms with Crippen molar-refractivity contribution >= 4 is 23.3 Å². The SMILES string of the molecule is CC.CCC.CCN(C)C.CCc1cc2c(nc1C1=C(OC)CC=C(OC(F)(F)F)C=C1)C(C)=CCN2[C@H](C)CC.O=CO. The average Bonchev–Trinajstić information content (AvgIpc) is 3.19. The van der Waals surface area contributed by atoms with Crippen LogP contribution in [-0.2, 0) is 20.7 Å². The summed E-state index contributed by atoms with van der Waals surface area (Å²) in [6.45, 7) is 20.6. The fourth-order valence-electron chi connectivity index (χ4n) is 3.87. The van der Waals surface area contributed by atoms with Crippen molar-refractivity contribution in [3.8, 4) is 0 Å². The molecule has 0 aromatic carbocycles.